The summed E-state index contributed by atoms with van der Waals surface area (Å²) in [5.41, 5.74) is 3.25. The van der Waals surface area contributed by atoms with Crippen molar-refractivity contribution in [3.63, 3.8) is 0 Å². The Balaban J connectivity index is 1.78. The molecule has 1 aromatic heterocycles. The van der Waals surface area contributed by atoms with Gasteiger partial charge in [-0.1, -0.05) is 30.3 Å². The highest BCUT2D eigenvalue weighted by Gasteiger charge is 2.09. The van der Waals surface area contributed by atoms with Crippen LogP contribution in [0.15, 0.2) is 59.4 Å². The number of H-pyrrole nitrogens is 1. The van der Waals surface area contributed by atoms with Gasteiger partial charge in [-0.3, -0.25) is 4.79 Å². The van der Waals surface area contributed by atoms with E-state index in [4.69, 9.17) is 4.74 Å². The number of aromatic amines is 1. The summed E-state index contributed by atoms with van der Waals surface area (Å²) in [5.74, 6) is -0.441. The monoisotopic (exact) mass is 321 g/mol. The van der Waals surface area contributed by atoms with Crippen LogP contribution in [0.3, 0.4) is 0 Å². The van der Waals surface area contributed by atoms with E-state index in [2.05, 4.69) is 17.1 Å². The van der Waals surface area contributed by atoms with E-state index < -0.39 is 5.97 Å². The lowest BCUT2D eigenvalue weighted by Gasteiger charge is -2.06. The highest BCUT2D eigenvalue weighted by molar-refractivity contribution is 5.94. The van der Waals surface area contributed by atoms with Crippen molar-refractivity contribution >= 4 is 16.9 Å². The number of carbonyl (C=O) groups is 1. The summed E-state index contributed by atoms with van der Waals surface area (Å²) >= 11 is 0. The molecular weight excluding hydrogens is 302 g/mol. The highest BCUT2D eigenvalue weighted by atomic mass is 16.5. The number of methoxy groups -OCH3 is 1. The zero-order valence-corrected chi connectivity index (χ0v) is 13.5. The van der Waals surface area contributed by atoms with Gasteiger partial charge in [0.25, 0.3) is 0 Å². The molecule has 0 aliphatic heterocycles. The summed E-state index contributed by atoms with van der Waals surface area (Å²) in [4.78, 5) is 27.2. The fraction of sp³-hybridized carbons (Fsp3) is 0.200. The fourth-order valence-corrected chi connectivity index (χ4v) is 2.81. The van der Waals surface area contributed by atoms with E-state index in [0.29, 0.717) is 10.9 Å². The van der Waals surface area contributed by atoms with E-state index >= 15 is 0 Å². The standard InChI is InChI=1S/C20H19NO3/c1-24-20(23)15-10-11-18-17(12-15)19(22)13-16(21-18)9-5-8-14-6-3-2-4-7-14/h2-4,6-7,10-13H,5,8-9H2,1H3,(H,21,22). The van der Waals surface area contributed by atoms with E-state index in [1.807, 2.05) is 18.2 Å². The summed E-state index contributed by atoms with van der Waals surface area (Å²) in [6, 6.07) is 16.9. The van der Waals surface area contributed by atoms with Gasteiger partial charge in [0.1, 0.15) is 0 Å². The molecule has 0 saturated heterocycles. The van der Waals surface area contributed by atoms with Crippen molar-refractivity contribution in [2.45, 2.75) is 19.3 Å². The van der Waals surface area contributed by atoms with Gasteiger partial charge in [-0.25, -0.2) is 4.79 Å². The summed E-state index contributed by atoms with van der Waals surface area (Å²) in [7, 11) is 1.33. The van der Waals surface area contributed by atoms with E-state index in [0.717, 1.165) is 30.5 Å². The number of fused-ring (bicyclic) bond motifs is 1. The molecule has 0 unspecified atom stereocenters. The zero-order valence-electron chi connectivity index (χ0n) is 13.5. The van der Waals surface area contributed by atoms with Gasteiger partial charge in [0.2, 0.25) is 0 Å². The summed E-state index contributed by atoms with van der Waals surface area (Å²) in [6.07, 6.45) is 2.74. The molecule has 0 radical (unpaired) electrons. The molecule has 0 aliphatic carbocycles. The van der Waals surface area contributed by atoms with Gasteiger partial charge < -0.3 is 9.72 Å². The van der Waals surface area contributed by atoms with Gasteiger partial charge in [0.05, 0.1) is 12.7 Å². The third kappa shape index (κ3) is 3.54. The number of carbonyl (C=O) groups excluding carboxylic acids is 1. The molecule has 0 fully saturated rings. The smallest absolute Gasteiger partial charge is 0.337 e. The second-order valence-corrected chi connectivity index (χ2v) is 5.75. The Labute approximate surface area is 140 Å². The normalized spacial score (nSPS) is 10.7. The maximum absolute atomic E-state index is 12.3. The minimum Gasteiger partial charge on any atom is -0.465 e. The first kappa shape index (κ1) is 16.0. The van der Waals surface area contributed by atoms with Gasteiger partial charge >= 0.3 is 5.97 Å². The van der Waals surface area contributed by atoms with E-state index in [1.165, 1.54) is 12.7 Å². The molecule has 0 saturated carbocycles. The number of esters is 1. The molecule has 0 atom stereocenters. The molecule has 0 aliphatic rings. The van der Waals surface area contributed by atoms with Crippen LogP contribution in [0, 0.1) is 0 Å². The van der Waals surface area contributed by atoms with Crippen LogP contribution < -0.4 is 5.43 Å². The number of hydrogen-bond donors (Lipinski definition) is 1. The third-order valence-corrected chi connectivity index (χ3v) is 4.06. The number of hydrogen-bond acceptors (Lipinski definition) is 3. The van der Waals surface area contributed by atoms with Gasteiger partial charge in [-0.05, 0) is 43.0 Å². The van der Waals surface area contributed by atoms with Crippen LogP contribution in [-0.2, 0) is 17.6 Å². The second-order valence-electron chi connectivity index (χ2n) is 5.75. The number of nitrogens with one attached hydrogen (secondary N) is 1. The average Bonchev–Trinajstić information content (AvgIpc) is 2.62. The number of aromatic nitrogens is 1. The van der Waals surface area contributed by atoms with E-state index in [9.17, 15) is 9.59 Å². The Hall–Kier alpha value is -2.88. The molecule has 122 valence electrons. The average molecular weight is 321 g/mol. The van der Waals surface area contributed by atoms with Crippen LogP contribution >= 0.6 is 0 Å². The van der Waals surface area contributed by atoms with Crippen molar-refractivity contribution < 1.29 is 9.53 Å². The van der Waals surface area contributed by atoms with E-state index in [1.54, 1.807) is 24.3 Å². The van der Waals surface area contributed by atoms with Crippen molar-refractivity contribution in [3.05, 3.63) is 81.6 Å². The number of aryl methyl sites for hydroxylation is 2. The Kier molecular flexibility index (Phi) is 4.75. The molecule has 0 amide bonds. The largest absolute Gasteiger partial charge is 0.465 e. The van der Waals surface area contributed by atoms with Gasteiger partial charge in [-0.2, -0.15) is 0 Å². The molecule has 1 heterocycles. The summed E-state index contributed by atoms with van der Waals surface area (Å²) < 4.78 is 4.69. The summed E-state index contributed by atoms with van der Waals surface area (Å²) in [5, 5.41) is 0.504. The van der Waals surface area contributed by atoms with Crippen molar-refractivity contribution in [1.82, 2.24) is 4.98 Å². The van der Waals surface area contributed by atoms with Crippen LogP contribution in [0.5, 0.6) is 0 Å². The molecule has 3 rings (SSSR count). The van der Waals surface area contributed by atoms with Gasteiger partial charge in [-0.15, -0.1) is 0 Å². The lowest BCUT2D eigenvalue weighted by atomic mass is 10.1. The number of pyridine rings is 1. The first-order valence-corrected chi connectivity index (χ1v) is 7.95. The SMILES string of the molecule is COC(=O)c1ccc2[nH]c(CCCc3ccccc3)cc(=O)c2c1. The first-order valence-electron chi connectivity index (χ1n) is 7.95. The van der Waals surface area contributed by atoms with Crippen LogP contribution in [0.1, 0.15) is 28.0 Å². The van der Waals surface area contributed by atoms with Gasteiger partial charge in [0.15, 0.2) is 5.43 Å². The maximum atomic E-state index is 12.3. The zero-order chi connectivity index (χ0) is 16.9. The third-order valence-electron chi connectivity index (χ3n) is 4.06. The molecule has 0 spiro atoms. The maximum Gasteiger partial charge on any atom is 0.337 e. The number of benzene rings is 2. The minimum absolute atomic E-state index is 0.0794. The molecule has 3 aromatic rings. The number of rotatable bonds is 5. The van der Waals surface area contributed by atoms with Crippen molar-refractivity contribution in [1.29, 1.82) is 0 Å². The molecule has 4 heteroatoms. The minimum atomic E-state index is -0.441. The Morgan fingerprint density at radius 3 is 2.58 bits per heavy atom. The van der Waals surface area contributed by atoms with Crippen LogP contribution in [-0.4, -0.2) is 18.1 Å². The quantitative estimate of drug-likeness (QED) is 0.732. The molecular formula is C20H19NO3. The Morgan fingerprint density at radius 2 is 1.83 bits per heavy atom. The summed E-state index contributed by atoms with van der Waals surface area (Å²) in [6.45, 7) is 0. The Bertz CT molecular complexity index is 913. The molecule has 0 bridgehead atoms. The van der Waals surface area contributed by atoms with E-state index in [-0.39, 0.29) is 5.43 Å². The van der Waals surface area contributed by atoms with Crippen LogP contribution in [0.25, 0.3) is 10.9 Å². The lowest BCUT2D eigenvalue weighted by molar-refractivity contribution is 0.0601. The Morgan fingerprint density at radius 1 is 1.04 bits per heavy atom. The van der Waals surface area contributed by atoms with Crippen molar-refractivity contribution in [2.24, 2.45) is 0 Å². The van der Waals surface area contributed by atoms with Crippen molar-refractivity contribution in [3.8, 4) is 0 Å². The number of ether oxygens (including phenoxy) is 1. The predicted molar refractivity (Wildman–Crippen MR) is 94.4 cm³/mol. The van der Waals surface area contributed by atoms with Crippen LogP contribution in [0.4, 0.5) is 0 Å². The van der Waals surface area contributed by atoms with Crippen LogP contribution in [0.2, 0.25) is 0 Å². The molecule has 1 N–H and O–H groups in total. The second kappa shape index (κ2) is 7.13. The predicted octanol–water partition coefficient (Wildman–Crippen LogP) is 3.49. The lowest BCUT2D eigenvalue weighted by Crippen LogP contribution is -2.08. The molecule has 2 aromatic carbocycles. The van der Waals surface area contributed by atoms with Gasteiger partial charge in [0, 0.05) is 22.7 Å². The fourth-order valence-electron chi connectivity index (χ4n) is 2.81. The molecule has 24 heavy (non-hydrogen) atoms. The molecule has 4 nitrogen and oxygen atoms in total. The topological polar surface area (TPSA) is 59.2 Å². The van der Waals surface area contributed by atoms with Crippen molar-refractivity contribution in [2.75, 3.05) is 7.11 Å². The highest BCUT2D eigenvalue weighted by Crippen LogP contribution is 2.13. The first-order chi connectivity index (χ1) is 11.7.